The van der Waals surface area contributed by atoms with Crippen LogP contribution in [-0.2, 0) is 13.8 Å². The first kappa shape index (κ1) is 20.6. The maximum Gasteiger partial charge on any atom is 0.260 e. The number of hydrogen-bond acceptors (Lipinski definition) is 9. The Morgan fingerprint density at radius 2 is 2.21 bits per heavy atom. The number of imidazole rings is 1. The Morgan fingerprint density at radius 3 is 3.06 bits per heavy atom. The van der Waals surface area contributed by atoms with Crippen LogP contribution < -0.4 is 4.34 Å². The Labute approximate surface area is 202 Å². The SMILES string of the molecule is [2H]OC[C@H]1O[C@@H](n2cnc3c(NBr)ncnc32)C[C@H]1O[P@]1O[C@@H](c2ccccc2)[C@H]2CCCN21. The number of aliphatic hydroxyl groups excluding tert-OH is 1. The third-order valence-electron chi connectivity index (χ3n) is 6.49. The first-order chi connectivity index (χ1) is 16.8. The molecule has 12 heteroatoms. The van der Waals surface area contributed by atoms with Crippen molar-refractivity contribution in [2.75, 3.05) is 17.5 Å². The van der Waals surface area contributed by atoms with Crippen LogP contribution in [0, 0.1) is 0 Å². The molecule has 1 aromatic carbocycles. The summed E-state index contributed by atoms with van der Waals surface area (Å²) in [6.07, 6.45) is 4.92. The van der Waals surface area contributed by atoms with Crippen LogP contribution in [0.1, 0.15) is 37.2 Å². The van der Waals surface area contributed by atoms with Crippen molar-refractivity contribution in [1.82, 2.24) is 24.2 Å². The molecule has 10 nitrogen and oxygen atoms in total. The van der Waals surface area contributed by atoms with Crippen molar-refractivity contribution < 1.29 is 18.9 Å². The molecule has 5 heterocycles. The average Bonchev–Trinajstić information content (AvgIpc) is 3.64. The van der Waals surface area contributed by atoms with Gasteiger partial charge in [-0.1, -0.05) is 30.3 Å². The molecule has 0 bridgehead atoms. The van der Waals surface area contributed by atoms with E-state index in [1.54, 1.807) is 6.33 Å². The van der Waals surface area contributed by atoms with Crippen LogP contribution in [0.15, 0.2) is 43.0 Å². The molecule has 174 valence electrons. The summed E-state index contributed by atoms with van der Waals surface area (Å²) in [7, 11) is -1.25. The number of ether oxygens (including phenoxy) is 1. The van der Waals surface area contributed by atoms with Crippen LogP contribution in [0.25, 0.3) is 11.2 Å². The molecule has 3 saturated heterocycles. The van der Waals surface area contributed by atoms with E-state index in [0.717, 1.165) is 19.4 Å². The van der Waals surface area contributed by atoms with Crippen LogP contribution >= 0.6 is 24.7 Å². The molecule has 6 rings (SSSR count). The summed E-state index contributed by atoms with van der Waals surface area (Å²) in [4.78, 5) is 13.0. The second-order valence-electron chi connectivity index (χ2n) is 8.36. The van der Waals surface area contributed by atoms with Gasteiger partial charge in [0, 0.05) is 35.2 Å². The maximum absolute atomic E-state index is 7.30. The molecule has 3 aromatic rings. The van der Waals surface area contributed by atoms with Crippen molar-refractivity contribution >= 4 is 41.7 Å². The lowest BCUT2D eigenvalue weighted by molar-refractivity contribution is -0.0400. The molecule has 3 fully saturated rings. The van der Waals surface area contributed by atoms with Crippen molar-refractivity contribution in [3.63, 3.8) is 0 Å². The van der Waals surface area contributed by atoms with E-state index < -0.39 is 14.6 Å². The minimum atomic E-state index is -1.25. The van der Waals surface area contributed by atoms with Gasteiger partial charge < -0.3 is 23.2 Å². The first-order valence-electron chi connectivity index (χ1n) is 11.4. The molecule has 3 aliphatic rings. The van der Waals surface area contributed by atoms with Crippen molar-refractivity contribution in [3.8, 4) is 0 Å². The van der Waals surface area contributed by atoms with E-state index >= 15 is 0 Å². The van der Waals surface area contributed by atoms with E-state index in [1.165, 1.54) is 11.9 Å². The summed E-state index contributed by atoms with van der Waals surface area (Å²) in [6, 6.07) is 10.7. The number of benzene rings is 1. The lowest BCUT2D eigenvalue weighted by Gasteiger charge is -2.24. The number of fused-ring (bicyclic) bond motifs is 2. The van der Waals surface area contributed by atoms with E-state index in [1.807, 2.05) is 22.8 Å². The van der Waals surface area contributed by atoms with Crippen molar-refractivity contribution in [2.45, 2.75) is 49.8 Å². The molecular formula is C21H24BrN6O4P. The highest BCUT2D eigenvalue weighted by atomic mass is 79.9. The van der Waals surface area contributed by atoms with Crippen LogP contribution in [0.2, 0.25) is 0 Å². The number of halogens is 1. The van der Waals surface area contributed by atoms with Gasteiger partial charge in [-0.3, -0.25) is 4.57 Å². The Morgan fingerprint density at radius 1 is 1.30 bits per heavy atom. The fourth-order valence-electron chi connectivity index (χ4n) is 4.91. The molecule has 6 atom stereocenters. The van der Waals surface area contributed by atoms with Crippen LogP contribution in [0.5, 0.6) is 0 Å². The average molecular weight is 536 g/mol. The highest BCUT2D eigenvalue weighted by Crippen LogP contribution is 2.61. The molecule has 2 N–H and O–H groups in total. The van der Waals surface area contributed by atoms with E-state index in [9.17, 15) is 0 Å². The van der Waals surface area contributed by atoms with Gasteiger partial charge in [-0.25, -0.2) is 19.6 Å². The van der Waals surface area contributed by atoms with Gasteiger partial charge in [0.25, 0.3) is 8.53 Å². The normalized spacial score (nSPS) is 32.3. The zero-order chi connectivity index (χ0) is 23.1. The van der Waals surface area contributed by atoms with Crippen LogP contribution in [0.3, 0.4) is 0 Å². The second kappa shape index (κ2) is 9.14. The van der Waals surface area contributed by atoms with Crippen LogP contribution in [-0.4, -0.2) is 62.1 Å². The molecule has 0 amide bonds. The number of nitrogens with one attached hydrogen (secondary N) is 1. The predicted octanol–water partition coefficient (Wildman–Crippen LogP) is 3.68. The predicted molar refractivity (Wildman–Crippen MR) is 125 cm³/mol. The summed E-state index contributed by atoms with van der Waals surface area (Å²) in [5.74, 6) is 0.579. The second-order valence-corrected chi connectivity index (χ2v) is 10.2. The highest BCUT2D eigenvalue weighted by molar-refractivity contribution is 9.10. The highest BCUT2D eigenvalue weighted by Gasteiger charge is 2.50. The van der Waals surface area contributed by atoms with Crippen LogP contribution in [0.4, 0.5) is 5.82 Å². The van der Waals surface area contributed by atoms with Gasteiger partial charge in [0.1, 0.15) is 24.8 Å². The standard InChI is InChI=1S/C21H24BrN6O4P/c22-26-20-18-21(24-11-23-20)27(12-25-18)17-9-15(16(10-29)30-17)31-33-28-8-4-7-14(28)19(32-33)13-5-2-1-3-6-13/h1-3,5-6,11-12,14-17,19,29H,4,7-10H2,(H,23,24,26)/t14-,15-,16-,17-,19+,33-/m1/s1/i29D. The first-order valence-corrected chi connectivity index (χ1v) is 12.9. The number of aliphatic hydroxyl groups is 1. The maximum atomic E-state index is 7.30. The number of hydrogen-bond donors (Lipinski definition) is 2. The molecule has 0 unspecified atom stereocenters. The van der Waals surface area contributed by atoms with Crippen molar-refractivity contribution in [2.24, 2.45) is 0 Å². The number of aromatic nitrogens is 4. The number of anilines is 1. The van der Waals surface area contributed by atoms with E-state index in [0.29, 0.717) is 29.4 Å². The number of rotatable bonds is 7. The zero-order valence-electron chi connectivity index (χ0n) is 18.7. The Hall–Kier alpha value is -1.72. The molecule has 0 aliphatic carbocycles. The summed E-state index contributed by atoms with van der Waals surface area (Å²) < 4.78 is 33.8. The Kier molecular flexibility index (Phi) is 5.72. The summed E-state index contributed by atoms with van der Waals surface area (Å²) in [5, 5.41) is 4.72. The Balaban J connectivity index is 1.22. The molecule has 33 heavy (non-hydrogen) atoms. The Bertz CT molecular complexity index is 1140. The summed E-state index contributed by atoms with van der Waals surface area (Å²) in [5.41, 5.74) is 2.47. The van der Waals surface area contributed by atoms with E-state index in [-0.39, 0.29) is 25.0 Å². The van der Waals surface area contributed by atoms with Crippen molar-refractivity contribution in [3.05, 3.63) is 48.5 Å². The minimum Gasteiger partial charge on any atom is -0.394 e. The molecule has 0 spiro atoms. The van der Waals surface area contributed by atoms with Gasteiger partial charge in [-0.15, -0.1) is 0 Å². The van der Waals surface area contributed by atoms with E-state index in [2.05, 4.69) is 52.2 Å². The molecule has 2 aromatic heterocycles. The molecule has 0 radical (unpaired) electrons. The number of nitrogens with zero attached hydrogens (tertiary/aromatic N) is 5. The third-order valence-corrected chi connectivity index (χ3v) is 8.64. The lowest BCUT2D eigenvalue weighted by Crippen LogP contribution is -2.28. The molecule has 0 saturated carbocycles. The summed E-state index contributed by atoms with van der Waals surface area (Å²) in [6.45, 7) is 1.06. The minimum absolute atomic E-state index is 0.00303. The largest absolute Gasteiger partial charge is 0.394 e. The van der Waals surface area contributed by atoms with Crippen molar-refractivity contribution in [1.29, 1.82) is 1.43 Å². The topological polar surface area (TPSA) is 107 Å². The van der Waals surface area contributed by atoms with Gasteiger partial charge >= 0.3 is 0 Å². The van der Waals surface area contributed by atoms with Gasteiger partial charge in [-0.2, -0.15) is 0 Å². The lowest BCUT2D eigenvalue weighted by atomic mass is 10.0. The smallest absolute Gasteiger partial charge is 0.260 e. The zero-order valence-corrected chi connectivity index (χ0v) is 20.1. The fourth-order valence-corrected chi connectivity index (χ4v) is 7.18. The molecule has 3 aliphatic heterocycles. The van der Waals surface area contributed by atoms with E-state index in [4.69, 9.17) is 20.3 Å². The fraction of sp³-hybridized carbons (Fsp3) is 0.476. The van der Waals surface area contributed by atoms with Gasteiger partial charge in [-0.05, 0) is 18.4 Å². The van der Waals surface area contributed by atoms with Gasteiger partial charge in [0.05, 0.1) is 19.0 Å². The summed E-state index contributed by atoms with van der Waals surface area (Å²) >= 11 is 3.21. The monoisotopic (exact) mass is 535 g/mol. The third kappa shape index (κ3) is 3.85. The van der Waals surface area contributed by atoms with Gasteiger partial charge in [0.15, 0.2) is 17.0 Å². The van der Waals surface area contributed by atoms with Gasteiger partial charge in [0.2, 0.25) is 1.43 Å². The molecular weight excluding hydrogens is 511 g/mol. The quantitative estimate of drug-likeness (QED) is 0.346.